The minimum atomic E-state index is 0.0903. The number of nitrogens with zero attached hydrogens (tertiary/aromatic N) is 2. The summed E-state index contributed by atoms with van der Waals surface area (Å²) in [5.74, 6) is 0.816. The van der Waals surface area contributed by atoms with Gasteiger partial charge in [0, 0.05) is 31.0 Å². The SMILES string of the molecule is OCC1(CNCc2ncccn2)CCCCC1. The summed E-state index contributed by atoms with van der Waals surface area (Å²) in [5, 5.41) is 12.9. The van der Waals surface area contributed by atoms with E-state index in [4.69, 9.17) is 0 Å². The van der Waals surface area contributed by atoms with Gasteiger partial charge in [0.05, 0.1) is 6.54 Å². The highest BCUT2D eigenvalue weighted by atomic mass is 16.3. The number of hydrogen-bond donors (Lipinski definition) is 2. The van der Waals surface area contributed by atoms with Crippen molar-refractivity contribution in [2.24, 2.45) is 5.41 Å². The molecular weight excluding hydrogens is 214 g/mol. The molecule has 0 aromatic carbocycles. The van der Waals surface area contributed by atoms with Crippen LogP contribution in [0.2, 0.25) is 0 Å². The van der Waals surface area contributed by atoms with E-state index in [9.17, 15) is 5.11 Å². The van der Waals surface area contributed by atoms with E-state index in [1.807, 2.05) is 6.07 Å². The van der Waals surface area contributed by atoms with Crippen molar-refractivity contribution < 1.29 is 5.11 Å². The van der Waals surface area contributed by atoms with Gasteiger partial charge in [-0.2, -0.15) is 0 Å². The van der Waals surface area contributed by atoms with Crippen LogP contribution in [0.15, 0.2) is 18.5 Å². The topological polar surface area (TPSA) is 58.0 Å². The molecule has 1 fully saturated rings. The van der Waals surface area contributed by atoms with Gasteiger partial charge in [-0.05, 0) is 18.9 Å². The van der Waals surface area contributed by atoms with Crippen molar-refractivity contribution in [2.45, 2.75) is 38.6 Å². The van der Waals surface area contributed by atoms with Crippen LogP contribution in [0.5, 0.6) is 0 Å². The Labute approximate surface area is 102 Å². The fraction of sp³-hybridized carbons (Fsp3) is 0.692. The van der Waals surface area contributed by atoms with Gasteiger partial charge in [0.1, 0.15) is 5.82 Å². The van der Waals surface area contributed by atoms with E-state index < -0.39 is 0 Å². The summed E-state index contributed by atoms with van der Waals surface area (Å²) in [6, 6.07) is 1.82. The maximum Gasteiger partial charge on any atom is 0.141 e. The van der Waals surface area contributed by atoms with E-state index in [1.54, 1.807) is 12.4 Å². The van der Waals surface area contributed by atoms with Crippen LogP contribution in [-0.2, 0) is 6.54 Å². The highest BCUT2D eigenvalue weighted by Crippen LogP contribution is 2.35. The number of hydrogen-bond acceptors (Lipinski definition) is 4. The summed E-state index contributed by atoms with van der Waals surface area (Å²) in [7, 11) is 0. The van der Waals surface area contributed by atoms with Gasteiger partial charge in [-0.1, -0.05) is 19.3 Å². The summed E-state index contributed by atoms with van der Waals surface area (Å²) >= 11 is 0. The second-order valence-electron chi connectivity index (χ2n) is 4.99. The fourth-order valence-corrected chi connectivity index (χ4v) is 2.55. The van der Waals surface area contributed by atoms with Crippen LogP contribution in [-0.4, -0.2) is 28.2 Å². The molecule has 1 heterocycles. The average Bonchev–Trinajstić information content (AvgIpc) is 2.41. The van der Waals surface area contributed by atoms with Crippen LogP contribution in [0.3, 0.4) is 0 Å². The van der Waals surface area contributed by atoms with Crippen molar-refractivity contribution in [1.82, 2.24) is 15.3 Å². The molecule has 0 aliphatic heterocycles. The maximum atomic E-state index is 9.57. The van der Waals surface area contributed by atoms with Crippen LogP contribution in [0.25, 0.3) is 0 Å². The molecule has 1 saturated carbocycles. The van der Waals surface area contributed by atoms with Gasteiger partial charge in [-0.3, -0.25) is 0 Å². The first-order valence-corrected chi connectivity index (χ1v) is 6.42. The standard InChI is InChI=1S/C13H21N3O/c17-11-13(5-2-1-3-6-13)10-14-9-12-15-7-4-8-16-12/h4,7-8,14,17H,1-3,5-6,9-11H2. The second kappa shape index (κ2) is 6.07. The Balaban J connectivity index is 1.80. The molecule has 0 unspecified atom stereocenters. The molecule has 94 valence electrons. The summed E-state index contributed by atoms with van der Waals surface area (Å²) in [6.45, 7) is 1.83. The minimum absolute atomic E-state index is 0.0903. The molecule has 17 heavy (non-hydrogen) atoms. The monoisotopic (exact) mass is 235 g/mol. The smallest absolute Gasteiger partial charge is 0.141 e. The number of nitrogens with one attached hydrogen (secondary N) is 1. The van der Waals surface area contributed by atoms with Crippen LogP contribution < -0.4 is 5.32 Å². The van der Waals surface area contributed by atoms with Gasteiger partial charge in [-0.25, -0.2) is 9.97 Å². The van der Waals surface area contributed by atoms with Crippen LogP contribution in [0.1, 0.15) is 37.9 Å². The Bertz CT molecular complexity index is 323. The number of aliphatic hydroxyl groups excluding tert-OH is 1. The van der Waals surface area contributed by atoms with Crippen molar-refractivity contribution in [3.05, 3.63) is 24.3 Å². The fourth-order valence-electron chi connectivity index (χ4n) is 2.55. The Kier molecular flexibility index (Phi) is 4.45. The van der Waals surface area contributed by atoms with Crippen molar-refractivity contribution in [3.8, 4) is 0 Å². The Hall–Kier alpha value is -1.00. The molecule has 4 nitrogen and oxygen atoms in total. The zero-order chi connectivity index (χ0) is 12.0. The van der Waals surface area contributed by atoms with Gasteiger partial charge in [0.25, 0.3) is 0 Å². The molecule has 1 aliphatic rings. The first kappa shape index (κ1) is 12.5. The zero-order valence-corrected chi connectivity index (χ0v) is 10.2. The predicted octanol–water partition coefficient (Wildman–Crippen LogP) is 1.51. The summed E-state index contributed by atoms with van der Waals surface area (Å²) < 4.78 is 0. The first-order chi connectivity index (χ1) is 8.35. The zero-order valence-electron chi connectivity index (χ0n) is 10.2. The molecule has 0 amide bonds. The van der Waals surface area contributed by atoms with E-state index in [1.165, 1.54) is 19.3 Å². The molecule has 2 N–H and O–H groups in total. The third-order valence-electron chi connectivity index (χ3n) is 3.65. The normalized spacial score (nSPS) is 19.1. The predicted molar refractivity (Wildman–Crippen MR) is 66.3 cm³/mol. The lowest BCUT2D eigenvalue weighted by Crippen LogP contribution is -2.39. The molecule has 4 heteroatoms. The molecule has 0 atom stereocenters. The molecule has 1 aromatic heterocycles. The Morgan fingerprint density at radius 2 is 1.88 bits per heavy atom. The van der Waals surface area contributed by atoms with Crippen molar-refractivity contribution in [1.29, 1.82) is 0 Å². The maximum absolute atomic E-state index is 9.57. The highest BCUT2D eigenvalue weighted by molar-refractivity contribution is 4.89. The lowest BCUT2D eigenvalue weighted by molar-refractivity contribution is 0.0809. The quantitative estimate of drug-likeness (QED) is 0.812. The van der Waals surface area contributed by atoms with Gasteiger partial charge in [-0.15, -0.1) is 0 Å². The van der Waals surface area contributed by atoms with E-state index in [0.29, 0.717) is 6.54 Å². The van der Waals surface area contributed by atoms with Gasteiger partial charge in [0.15, 0.2) is 0 Å². The van der Waals surface area contributed by atoms with Crippen molar-refractivity contribution >= 4 is 0 Å². The lowest BCUT2D eigenvalue weighted by atomic mass is 9.74. The number of rotatable bonds is 5. The first-order valence-electron chi connectivity index (χ1n) is 6.42. The van der Waals surface area contributed by atoms with Gasteiger partial charge < -0.3 is 10.4 Å². The Morgan fingerprint density at radius 3 is 2.53 bits per heavy atom. The van der Waals surface area contributed by atoms with Gasteiger partial charge in [0.2, 0.25) is 0 Å². The van der Waals surface area contributed by atoms with E-state index >= 15 is 0 Å². The summed E-state index contributed by atoms with van der Waals surface area (Å²) in [6.07, 6.45) is 9.56. The van der Waals surface area contributed by atoms with E-state index in [-0.39, 0.29) is 12.0 Å². The molecule has 0 spiro atoms. The number of aliphatic hydroxyl groups is 1. The van der Waals surface area contributed by atoms with Crippen molar-refractivity contribution in [3.63, 3.8) is 0 Å². The minimum Gasteiger partial charge on any atom is -0.396 e. The molecule has 0 bridgehead atoms. The Morgan fingerprint density at radius 1 is 1.18 bits per heavy atom. The van der Waals surface area contributed by atoms with Crippen LogP contribution in [0.4, 0.5) is 0 Å². The highest BCUT2D eigenvalue weighted by Gasteiger charge is 2.30. The van der Waals surface area contributed by atoms with Gasteiger partial charge >= 0.3 is 0 Å². The van der Waals surface area contributed by atoms with Crippen LogP contribution in [0, 0.1) is 5.41 Å². The summed E-state index contributed by atoms with van der Waals surface area (Å²) in [4.78, 5) is 8.35. The molecule has 2 rings (SSSR count). The number of aromatic nitrogens is 2. The van der Waals surface area contributed by atoms with Crippen LogP contribution >= 0.6 is 0 Å². The largest absolute Gasteiger partial charge is 0.396 e. The van der Waals surface area contributed by atoms with E-state index in [2.05, 4.69) is 15.3 Å². The summed E-state index contributed by atoms with van der Waals surface area (Å²) in [5.41, 5.74) is 0.0903. The molecule has 0 saturated heterocycles. The molecule has 1 aromatic rings. The lowest BCUT2D eigenvalue weighted by Gasteiger charge is -2.35. The third kappa shape index (κ3) is 3.48. The van der Waals surface area contributed by atoms with E-state index in [0.717, 1.165) is 25.2 Å². The molecular formula is C13H21N3O. The molecule has 1 aliphatic carbocycles. The average molecular weight is 235 g/mol. The second-order valence-corrected chi connectivity index (χ2v) is 4.99. The third-order valence-corrected chi connectivity index (χ3v) is 3.65. The van der Waals surface area contributed by atoms with Crippen molar-refractivity contribution in [2.75, 3.05) is 13.2 Å². The molecule has 0 radical (unpaired) electrons.